The molecule has 0 saturated heterocycles. The Kier molecular flexibility index (Phi) is 2.17. The Morgan fingerprint density at radius 1 is 1.50 bits per heavy atom. The van der Waals surface area contributed by atoms with Gasteiger partial charge in [-0.2, -0.15) is 0 Å². The highest BCUT2D eigenvalue weighted by Gasteiger charge is 2.15. The Balaban J connectivity index is 2.81. The van der Waals surface area contributed by atoms with Crippen molar-refractivity contribution in [2.45, 2.75) is 0 Å². The third-order valence-electron chi connectivity index (χ3n) is 2.07. The van der Waals surface area contributed by atoms with Crippen LogP contribution in [-0.2, 0) is 0 Å². The zero-order valence-corrected chi connectivity index (χ0v) is 8.28. The summed E-state index contributed by atoms with van der Waals surface area (Å²) in [4.78, 5) is 11.2. The quantitative estimate of drug-likeness (QED) is 0.711. The van der Waals surface area contributed by atoms with Crippen LogP contribution in [0, 0.1) is 0 Å². The third kappa shape index (κ3) is 1.26. The topological polar surface area (TPSA) is 30.7 Å². The summed E-state index contributed by atoms with van der Waals surface area (Å²) >= 11 is 5.48. The number of methoxy groups -OCH3 is 1. The fourth-order valence-corrected chi connectivity index (χ4v) is 1.64. The summed E-state index contributed by atoms with van der Waals surface area (Å²) in [5.74, 6) is 0.496. The molecule has 0 aliphatic carbocycles. The number of ether oxygens (including phenoxy) is 1. The van der Waals surface area contributed by atoms with Gasteiger partial charge in [0.2, 0.25) is 0 Å². The fourth-order valence-electron chi connectivity index (χ4n) is 1.45. The molecule has 0 amide bonds. The minimum Gasteiger partial charge on any atom is -0.494 e. The van der Waals surface area contributed by atoms with Gasteiger partial charge in [-0.05, 0) is 23.7 Å². The minimum atomic E-state index is -0.504. The van der Waals surface area contributed by atoms with Crippen LogP contribution in [0.25, 0.3) is 5.52 Å². The second kappa shape index (κ2) is 3.35. The Morgan fingerprint density at radius 3 is 2.93 bits per heavy atom. The summed E-state index contributed by atoms with van der Waals surface area (Å²) in [6.07, 6.45) is 3.56. The van der Waals surface area contributed by atoms with E-state index in [0.29, 0.717) is 11.3 Å². The molecule has 2 aromatic rings. The number of halogens is 1. The maximum atomic E-state index is 11.2. The van der Waals surface area contributed by atoms with Crippen LogP contribution >= 0.6 is 11.6 Å². The van der Waals surface area contributed by atoms with Gasteiger partial charge in [-0.15, -0.1) is 0 Å². The van der Waals surface area contributed by atoms with Crippen LogP contribution in [0.3, 0.4) is 0 Å². The lowest BCUT2D eigenvalue weighted by Crippen LogP contribution is -1.91. The number of nitrogens with zero attached hydrogens (tertiary/aromatic N) is 1. The molecule has 4 heteroatoms. The van der Waals surface area contributed by atoms with Gasteiger partial charge in [0, 0.05) is 6.20 Å². The maximum Gasteiger partial charge on any atom is 0.258 e. The van der Waals surface area contributed by atoms with Gasteiger partial charge in [0.05, 0.1) is 18.8 Å². The number of rotatable bonds is 2. The predicted molar refractivity (Wildman–Crippen MR) is 54.1 cm³/mol. The second-order valence-corrected chi connectivity index (χ2v) is 3.18. The Morgan fingerprint density at radius 2 is 2.29 bits per heavy atom. The van der Waals surface area contributed by atoms with Gasteiger partial charge in [-0.1, -0.05) is 6.07 Å². The molecule has 0 fully saturated rings. The molecule has 2 heterocycles. The molecule has 0 bridgehead atoms. The number of fused-ring (bicyclic) bond motifs is 1. The smallest absolute Gasteiger partial charge is 0.258 e. The number of carbonyl (C=O) groups is 1. The number of hydrogen-bond donors (Lipinski definition) is 0. The first-order valence-corrected chi connectivity index (χ1v) is 4.45. The van der Waals surface area contributed by atoms with Gasteiger partial charge in [-0.25, -0.2) is 0 Å². The van der Waals surface area contributed by atoms with Crippen LogP contribution in [0.2, 0.25) is 0 Å². The van der Waals surface area contributed by atoms with Crippen molar-refractivity contribution in [1.82, 2.24) is 4.40 Å². The maximum absolute atomic E-state index is 11.2. The van der Waals surface area contributed by atoms with Gasteiger partial charge >= 0.3 is 0 Å². The highest BCUT2D eigenvalue weighted by atomic mass is 35.5. The molecular formula is C10H8ClNO2. The largest absolute Gasteiger partial charge is 0.494 e. The first-order valence-electron chi connectivity index (χ1n) is 4.07. The number of aromatic nitrogens is 1. The summed E-state index contributed by atoms with van der Waals surface area (Å²) in [5.41, 5.74) is 1.17. The summed E-state index contributed by atoms with van der Waals surface area (Å²) < 4.78 is 6.87. The normalized spacial score (nSPS) is 10.4. The van der Waals surface area contributed by atoms with Crippen LogP contribution < -0.4 is 4.74 Å². The van der Waals surface area contributed by atoms with Crippen molar-refractivity contribution < 1.29 is 9.53 Å². The number of pyridine rings is 1. The van der Waals surface area contributed by atoms with E-state index in [9.17, 15) is 4.79 Å². The zero-order chi connectivity index (χ0) is 10.1. The first kappa shape index (κ1) is 9.09. The van der Waals surface area contributed by atoms with Gasteiger partial charge in [0.15, 0.2) is 0 Å². The Labute approximate surface area is 85.9 Å². The standard InChI is InChI=1S/C10H8ClNO2/c1-14-8-6-12-5-3-2-4-7(12)9(8)10(11)13/h2-6H,1H3. The number of carbonyl (C=O) groups excluding carboxylic acids is 1. The molecule has 2 aromatic heterocycles. The van der Waals surface area contributed by atoms with Crippen LogP contribution in [-0.4, -0.2) is 16.8 Å². The number of hydrogen-bond acceptors (Lipinski definition) is 2. The highest BCUT2D eigenvalue weighted by Crippen LogP contribution is 2.26. The van der Waals surface area contributed by atoms with E-state index in [1.165, 1.54) is 7.11 Å². The summed E-state index contributed by atoms with van der Waals surface area (Å²) in [6.45, 7) is 0. The predicted octanol–water partition coefficient (Wildman–Crippen LogP) is 2.33. The second-order valence-electron chi connectivity index (χ2n) is 2.84. The van der Waals surface area contributed by atoms with Crippen LogP contribution in [0.5, 0.6) is 5.75 Å². The summed E-state index contributed by atoms with van der Waals surface area (Å²) in [7, 11) is 1.51. The molecule has 0 aliphatic rings. The van der Waals surface area contributed by atoms with Crippen LogP contribution in [0.4, 0.5) is 0 Å². The van der Waals surface area contributed by atoms with E-state index in [2.05, 4.69) is 0 Å². The molecule has 0 radical (unpaired) electrons. The van der Waals surface area contributed by atoms with Crippen molar-refractivity contribution in [3.8, 4) is 5.75 Å². The lowest BCUT2D eigenvalue weighted by molar-refractivity contribution is 0.108. The minimum absolute atomic E-state index is 0.412. The van der Waals surface area contributed by atoms with E-state index < -0.39 is 5.24 Å². The Hall–Kier alpha value is -1.48. The van der Waals surface area contributed by atoms with E-state index in [4.69, 9.17) is 16.3 Å². The molecule has 0 unspecified atom stereocenters. The molecule has 72 valence electrons. The van der Waals surface area contributed by atoms with Crippen molar-refractivity contribution in [3.05, 3.63) is 36.2 Å². The van der Waals surface area contributed by atoms with Gasteiger partial charge in [0.25, 0.3) is 5.24 Å². The average molecular weight is 210 g/mol. The molecular weight excluding hydrogens is 202 g/mol. The molecule has 0 aromatic carbocycles. The van der Waals surface area contributed by atoms with Gasteiger partial charge in [-0.3, -0.25) is 4.79 Å². The lowest BCUT2D eigenvalue weighted by Gasteiger charge is -1.96. The monoisotopic (exact) mass is 209 g/mol. The Bertz CT molecular complexity index is 490. The van der Waals surface area contributed by atoms with Crippen molar-refractivity contribution in [3.63, 3.8) is 0 Å². The summed E-state index contributed by atoms with van der Waals surface area (Å²) in [6, 6.07) is 5.53. The van der Waals surface area contributed by atoms with E-state index in [0.717, 1.165) is 5.52 Å². The molecule has 0 spiro atoms. The highest BCUT2D eigenvalue weighted by molar-refractivity contribution is 6.68. The van der Waals surface area contributed by atoms with Crippen LogP contribution in [0.15, 0.2) is 30.6 Å². The molecule has 0 N–H and O–H groups in total. The molecule has 0 atom stereocenters. The zero-order valence-electron chi connectivity index (χ0n) is 7.53. The van der Waals surface area contributed by atoms with Crippen LogP contribution in [0.1, 0.15) is 10.4 Å². The molecule has 3 nitrogen and oxygen atoms in total. The van der Waals surface area contributed by atoms with E-state index in [1.54, 1.807) is 10.6 Å². The average Bonchev–Trinajstić information content (AvgIpc) is 2.55. The molecule has 14 heavy (non-hydrogen) atoms. The summed E-state index contributed by atoms with van der Waals surface area (Å²) in [5, 5.41) is -0.504. The van der Waals surface area contributed by atoms with Crippen molar-refractivity contribution in [1.29, 1.82) is 0 Å². The molecule has 2 rings (SSSR count). The molecule has 0 aliphatic heterocycles. The van der Waals surface area contributed by atoms with Crippen molar-refractivity contribution >= 4 is 22.4 Å². The molecule has 0 saturated carbocycles. The van der Waals surface area contributed by atoms with Crippen molar-refractivity contribution in [2.24, 2.45) is 0 Å². The van der Waals surface area contributed by atoms with Gasteiger partial charge in [0.1, 0.15) is 11.3 Å². The van der Waals surface area contributed by atoms with E-state index >= 15 is 0 Å². The van der Waals surface area contributed by atoms with Gasteiger partial charge < -0.3 is 9.14 Å². The fraction of sp³-hybridized carbons (Fsp3) is 0.100. The third-order valence-corrected chi connectivity index (χ3v) is 2.25. The van der Waals surface area contributed by atoms with E-state index in [-0.39, 0.29) is 0 Å². The SMILES string of the molecule is COc1cn2ccccc2c1C(=O)Cl. The first-order chi connectivity index (χ1) is 6.74. The van der Waals surface area contributed by atoms with Crippen molar-refractivity contribution in [2.75, 3.05) is 7.11 Å². The van der Waals surface area contributed by atoms with E-state index in [1.807, 2.05) is 24.4 Å². The lowest BCUT2D eigenvalue weighted by atomic mass is 10.2.